The molecule has 2 amide bonds. The van der Waals surface area contributed by atoms with Gasteiger partial charge in [0.05, 0.1) is 0 Å². The fourth-order valence-electron chi connectivity index (χ4n) is 1.79. The minimum atomic E-state index is -4.47. The smallest absolute Gasteiger partial charge is 0.406 e. The summed E-state index contributed by atoms with van der Waals surface area (Å²) in [5.41, 5.74) is 0. The Morgan fingerprint density at radius 3 is 2.26 bits per heavy atom. The molecule has 0 spiro atoms. The van der Waals surface area contributed by atoms with Crippen molar-refractivity contribution in [2.24, 2.45) is 0 Å². The van der Waals surface area contributed by atoms with Gasteiger partial charge in [0.25, 0.3) is 0 Å². The number of hydrogen-bond donors (Lipinski definition) is 1. The number of nitrogens with zero attached hydrogens (tertiary/aromatic N) is 2. The number of carbonyl (C=O) groups is 2. The average Bonchev–Trinajstić information content (AvgIpc) is 3.06. The standard InChI is InChI=1S/C11H17F3N2O3/c1-2-5-15(6-9(17)18)10(19)16(8-3-4-8)7-11(12,13)14/h8H,2-7H2,1H3,(H,17,18). The van der Waals surface area contributed by atoms with Gasteiger partial charge in [0.1, 0.15) is 13.1 Å². The molecule has 1 fully saturated rings. The zero-order chi connectivity index (χ0) is 14.6. The molecule has 1 rings (SSSR count). The summed E-state index contributed by atoms with van der Waals surface area (Å²) < 4.78 is 37.3. The summed E-state index contributed by atoms with van der Waals surface area (Å²) in [6.45, 7) is -0.0380. The number of carbonyl (C=O) groups excluding carboxylic acids is 1. The topological polar surface area (TPSA) is 60.9 Å². The van der Waals surface area contributed by atoms with Crippen LogP contribution in [0.3, 0.4) is 0 Å². The molecule has 110 valence electrons. The van der Waals surface area contributed by atoms with Crippen LogP contribution in [0.5, 0.6) is 0 Å². The van der Waals surface area contributed by atoms with Gasteiger partial charge in [-0.05, 0) is 19.3 Å². The molecular weight excluding hydrogens is 265 g/mol. The number of rotatable bonds is 6. The van der Waals surface area contributed by atoms with Crippen LogP contribution >= 0.6 is 0 Å². The molecule has 1 saturated carbocycles. The molecule has 0 radical (unpaired) electrons. The molecule has 19 heavy (non-hydrogen) atoms. The molecule has 0 saturated heterocycles. The maximum Gasteiger partial charge on any atom is 0.406 e. The van der Waals surface area contributed by atoms with E-state index in [1.54, 1.807) is 6.92 Å². The van der Waals surface area contributed by atoms with Gasteiger partial charge in [0, 0.05) is 12.6 Å². The lowest BCUT2D eigenvalue weighted by molar-refractivity contribution is -0.143. The van der Waals surface area contributed by atoms with E-state index >= 15 is 0 Å². The van der Waals surface area contributed by atoms with Crippen molar-refractivity contribution >= 4 is 12.0 Å². The Kier molecular flexibility index (Phi) is 5.02. The Morgan fingerprint density at radius 1 is 1.32 bits per heavy atom. The molecule has 0 atom stereocenters. The van der Waals surface area contributed by atoms with E-state index in [4.69, 9.17) is 5.11 Å². The van der Waals surface area contributed by atoms with Crippen LogP contribution in [0.1, 0.15) is 26.2 Å². The lowest BCUT2D eigenvalue weighted by Crippen LogP contribution is -2.49. The van der Waals surface area contributed by atoms with E-state index in [1.165, 1.54) is 0 Å². The zero-order valence-corrected chi connectivity index (χ0v) is 10.6. The van der Waals surface area contributed by atoms with Crippen LogP contribution in [0.4, 0.5) is 18.0 Å². The van der Waals surface area contributed by atoms with Crippen molar-refractivity contribution in [1.82, 2.24) is 9.80 Å². The fraction of sp³-hybridized carbons (Fsp3) is 0.818. The molecule has 1 aliphatic carbocycles. The SMILES string of the molecule is CCCN(CC(=O)O)C(=O)N(CC(F)(F)F)C1CC1. The van der Waals surface area contributed by atoms with E-state index in [2.05, 4.69) is 0 Å². The quantitative estimate of drug-likeness (QED) is 0.809. The normalized spacial score (nSPS) is 15.2. The second-order valence-electron chi connectivity index (χ2n) is 4.57. The first-order valence-electron chi connectivity index (χ1n) is 6.08. The summed E-state index contributed by atoms with van der Waals surface area (Å²) in [5, 5.41) is 8.69. The molecule has 0 aromatic heterocycles. The Bertz CT molecular complexity index is 343. The van der Waals surface area contributed by atoms with E-state index in [9.17, 15) is 22.8 Å². The average molecular weight is 282 g/mol. The van der Waals surface area contributed by atoms with Crippen molar-refractivity contribution in [2.45, 2.75) is 38.4 Å². The first-order valence-corrected chi connectivity index (χ1v) is 6.08. The summed E-state index contributed by atoms with van der Waals surface area (Å²) in [4.78, 5) is 24.3. The predicted molar refractivity (Wildman–Crippen MR) is 60.7 cm³/mol. The van der Waals surface area contributed by atoms with Crippen LogP contribution in [0.2, 0.25) is 0 Å². The minimum absolute atomic E-state index is 0.131. The third-order valence-electron chi connectivity index (χ3n) is 2.67. The molecule has 0 aromatic rings. The van der Waals surface area contributed by atoms with Gasteiger partial charge in [-0.1, -0.05) is 6.92 Å². The molecule has 0 aliphatic heterocycles. The number of hydrogen-bond acceptors (Lipinski definition) is 2. The van der Waals surface area contributed by atoms with Gasteiger partial charge in [-0.2, -0.15) is 13.2 Å². The van der Waals surface area contributed by atoms with Crippen molar-refractivity contribution in [2.75, 3.05) is 19.6 Å². The third-order valence-corrected chi connectivity index (χ3v) is 2.67. The number of urea groups is 1. The molecule has 0 unspecified atom stereocenters. The highest BCUT2D eigenvalue weighted by molar-refractivity contribution is 5.80. The van der Waals surface area contributed by atoms with Gasteiger partial charge < -0.3 is 14.9 Å². The van der Waals surface area contributed by atoms with Crippen molar-refractivity contribution in [3.05, 3.63) is 0 Å². The van der Waals surface area contributed by atoms with Crippen LogP contribution in [-0.4, -0.2) is 58.8 Å². The fourth-order valence-corrected chi connectivity index (χ4v) is 1.79. The minimum Gasteiger partial charge on any atom is -0.480 e. The summed E-state index contributed by atoms with van der Waals surface area (Å²) in [5.74, 6) is -1.23. The van der Waals surface area contributed by atoms with Crippen LogP contribution in [-0.2, 0) is 4.79 Å². The highest BCUT2D eigenvalue weighted by Crippen LogP contribution is 2.31. The van der Waals surface area contributed by atoms with Crippen LogP contribution in [0.25, 0.3) is 0 Å². The first-order chi connectivity index (χ1) is 8.74. The molecular formula is C11H17F3N2O3. The number of alkyl halides is 3. The number of carboxylic acid groups (broad SMARTS) is 1. The first kappa shape index (κ1) is 15.6. The Balaban J connectivity index is 2.74. The van der Waals surface area contributed by atoms with E-state index in [0.29, 0.717) is 19.3 Å². The Labute approximate surface area is 109 Å². The number of aliphatic carboxylic acids is 1. The van der Waals surface area contributed by atoms with Crippen molar-refractivity contribution in [3.63, 3.8) is 0 Å². The van der Waals surface area contributed by atoms with Crippen LogP contribution in [0.15, 0.2) is 0 Å². The maximum atomic E-state index is 12.4. The molecule has 1 aliphatic rings. The molecule has 0 bridgehead atoms. The lowest BCUT2D eigenvalue weighted by Gasteiger charge is -2.30. The number of carboxylic acids is 1. The largest absolute Gasteiger partial charge is 0.480 e. The maximum absolute atomic E-state index is 12.4. The van der Waals surface area contributed by atoms with Gasteiger partial charge in [0.15, 0.2) is 0 Å². The predicted octanol–water partition coefficient (Wildman–Crippen LogP) is 1.93. The number of halogens is 3. The molecule has 8 heteroatoms. The van der Waals surface area contributed by atoms with E-state index < -0.39 is 37.3 Å². The van der Waals surface area contributed by atoms with Crippen LogP contribution in [0, 0.1) is 0 Å². The molecule has 1 N–H and O–H groups in total. The van der Waals surface area contributed by atoms with Crippen molar-refractivity contribution in [3.8, 4) is 0 Å². The molecule has 0 heterocycles. The highest BCUT2D eigenvalue weighted by Gasteiger charge is 2.42. The number of amides is 2. The molecule has 0 aromatic carbocycles. The van der Waals surface area contributed by atoms with Gasteiger partial charge in [-0.25, -0.2) is 4.79 Å². The Hall–Kier alpha value is -1.47. The van der Waals surface area contributed by atoms with E-state index in [0.717, 1.165) is 9.80 Å². The van der Waals surface area contributed by atoms with Crippen molar-refractivity contribution < 1.29 is 27.9 Å². The zero-order valence-electron chi connectivity index (χ0n) is 10.6. The Morgan fingerprint density at radius 2 is 1.89 bits per heavy atom. The summed E-state index contributed by atoms with van der Waals surface area (Å²) >= 11 is 0. The van der Waals surface area contributed by atoms with Crippen LogP contribution < -0.4 is 0 Å². The van der Waals surface area contributed by atoms with Gasteiger partial charge in [-0.3, -0.25) is 4.79 Å². The second-order valence-corrected chi connectivity index (χ2v) is 4.57. The van der Waals surface area contributed by atoms with Gasteiger partial charge in [0.2, 0.25) is 0 Å². The van der Waals surface area contributed by atoms with Gasteiger partial charge >= 0.3 is 18.2 Å². The second kappa shape index (κ2) is 6.12. The third kappa shape index (κ3) is 5.35. The molecule has 5 nitrogen and oxygen atoms in total. The summed E-state index contributed by atoms with van der Waals surface area (Å²) in [6, 6.07) is -1.26. The van der Waals surface area contributed by atoms with E-state index in [-0.39, 0.29) is 6.54 Å². The van der Waals surface area contributed by atoms with E-state index in [1.807, 2.05) is 0 Å². The lowest BCUT2D eigenvalue weighted by atomic mass is 10.4. The monoisotopic (exact) mass is 282 g/mol. The summed E-state index contributed by atoms with van der Waals surface area (Å²) in [6.07, 6.45) is -2.91. The van der Waals surface area contributed by atoms with Crippen molar-refractivity contribution in [1.29, 1.82) is 0 Å². The summed E-state index contributed by atoms with van der Waals surface area (Å²) in [7, 11) is 0. The highest BCUT2D eigenvalue weighted by atomic mass is 19.4. The van der Waals surface area contributed by atoms with Gasteiger partial charge in [-0.15, -0.1) is 0 Å².